The minimum Gasteiger partial charge on any atom is -0.378 e. The number of fused-ring (bicyclic) bond motifs is 1. The Hall–Kier alpha value is -1.81. The summed E-state index contributed by atoms with van der Waals surface area (Å²) < 4.78 is 5.33. The zero-order chi connectivity index (χ0) is 12.5. The average Bonchev–Trinajstić information content (AvgIpc) is 2.41. The van der Waals surface area contributed by atoms with E-state index in [1.165, 1.54) is 0 Å². The van der Waals surface area contributed by atoms with E-state index in [4.69, 9.17) is 4.74 Å². The quantitative estimate of drug-likeness (QED) is 0.830. The van der Waals surface area contributed by atoms with Crippen molar-refractivity contribution in [2.75, 3.05) is 31.2 Å². The zero-order valence-electron chi connectivity index (χ0n) is 10.4. The molecule has 1 N–H and O–H groups in total. The van der Waals surface area contributed by atoms with Crippen molar-refractivity contribution < 1.29 is 4.74 Å². The van der Waals surface area contributed by atoms with Crippen molar-refractivity contribution in [3.05, 3.63) is 40.2 Å². The molecule has 4 heteroatoms. The molecule has 1 fully saturated rings. The number of ether oxygens (including phenoxy) is 1. The van der Waals surface area contributed by atoms with Crippen molar-refractivity contribution in [1.82, 2.24) is 4.98 Å². The molecule has 18 heavy (non-hydrogen) atoms. The second-order valence-corrected chi connectivity index (χ2v) is 4.62. The molecule has 0 radical (unpaired) electrons. The van der Waals surface area contributed by atoms with Crippen molar-refractivity contribution in [2.24, 2.45) is 0 Å². The topological polar surface area (TPSA) is 45.3 Å². The van der Waals surface area contributed by atoms with Gasteiger partial charge in [-0.15, -0.1) is 0 Å². The van der Waals surface area contributed by atoms with Crippen LogP contribution in [0.15, 0.2) is 29.1 Å². The molecule has 1 aromatic heterocycles. The van der Waals surface area contributed by atoms with Crippen LogP contribution in [0.5, 0.6) is 0 Å². The maximum Gasteiger partial charge on any atom is 0.257 e. The maximum atomic E-state index is 12.1. The summed E-state index contributed by atoms with van der Waals surface area (Å²) in [5.74, 6) is 0.894. The summed E-state index contributed by atoms with van der Waals surface area (Å²) >= 11 is 0. The number of aryl methyl sites for hydroxylation is 1. The van der Waals surface area contributed by atoms with E-state index in [9.17, 15) is 4.79 Å². The van der Waals surface area contributed by atoms with Crippen LogP contribution in [0.4, 0.5) is 5.82 Å². The molecule has 0 amide bonds. The lowest BCUT2D eigenvalue weighted by molar-refractivity contribution is 0.122. The van der Waals surface area contributed by atoms with Gasteiger partial charge in [-0.25, -0.2) is 0 Å². The summed E-state index contributed by atoms with van der Waals surface area (Å²) in [4.78, 5) is 17.2. The number of nitrogens with one attached hydrogen (secondary N) is 1. The fourth-order valence-electron chi connectivity index (χ4n) is 2.40. The highest BCUT2D eigenvalue weighted by molar-refractivity contribution is 5.86. The number of rotatable bonds is 1. The SMILES string of the molecule is Cc1cccc2c(=O)[nH]c(N3CCOCC3)cc12. The summed E-state index contributed by atoms with van der Waals surface area (Å²) in [6, 6.07) is 7.88. The fraction of sp³-hybridized carbons (Fsp3) is 0.357. The van der Waals surface area contributed by atoms with E-state index in [0.717, 1.165) is 35.2 Å². The molecule has 0 spiro atoms. The summed E-state index contributed by atoms with van der Waals surface area (Å²) in [5.41, 5.74) is 1.12. The average molecular weight is 244 g/mol. The Morgan fingerprint density at radius 1 is 1.22 bits per heavy atom. The third kappa shape index (κ3) is 1.88. The molecule has 1 saturated heterocycles. The van der Waals surface area contributed by atoms with E-state index in [0.29, 0.717) is 13.2 Å². The highest BCUT2D eigenvalue weighted by atomic mass is 16.5. The maximum absolute atomic E-state index is 12.1. The van der Waals surface area contributed by atoms with E-state index >= 15 is 0 Å². The monoisotopic (exact) mass is 244 g/mol. The lowest BCUT2D eigenvalue weighted by Gasteiger charge is -2.28. The number of aromatic amines is 1. The highest BCUT2D eigenvalue weighted by Gasteiger charge is 2.13. The molecule has 0 bridgehead atoms. The van der Waals surface area contributed by atoms with Gasteiger partial charge in [-0.3, -0.25) is 4.79 Å². The van der Waals surface area contributed by atoms with Crippen LogP contribution in [0, 0.1) is 6.92 Å². The lowest BCUT2D eigenvalue weighted by atomic mass is 10.1. The molecule has 94 valence electrons. The van der Waals surface area contributed by atoms with Gasteiger partial charge in [0.05, 0.1) is 13.2 Å². The van der Waals surface area contributed by atoms with Crippen molar-refractivity contribution >= 4 is 16.6 Å². The number of morpholine rings is 1. The van der Waals surface area contributed by atoms with Gasteiger partial charge >= 0.3 is 0 Å². The molecule has 1 aromatic carbocycles. The summed E-state index contributed by atoms with van der Waals surface area (Å²) in [7, 11) is 0. The number of hydrogen-bond acceptors (Lipinski definition) is 3. The molecule has 3 rings (SSSR count). The van der Waals surface area contributed by atoms with Gasteiger partial charge in [-0.05, 0) is 30.0 Å². The van der Waals surface area contributed by atoms with E-state index in [1.54, 1.807) is 0 Å². The normalized spacial score (nSPS) is 16.2. The molecule has 0 atom stereocenters. The Balaban J connectivity index is 2.14. The van der Waals surface area contributed by atoms with Crippen LogP contribution < -0.4 is 10.5 Å². The largest absolute Gasteiger partial charge is 0.378 e. The van der Waals surface area contributed by atoms with Gasteiger partial charge in [0.2, 0.25) is 0 Å². The minimum absolute atomic E-state index is 0.0160. The first-order chi connectivity index (χ1) is 8.75. The number of hydrogen-bond donors (Lipinski definition) is 1. The third-order valence-electron chi connectivity index (χ3n) is 3.44. The van der Waals surface area contributed by atoms with Crippen molar-refractivity contribution in [1.29, 1.82) is 0 Å². The van der Waals surface area contributed by atoms with Crippen LogP contribution in [0.2, 0.25) is 0 Å². The highest BCUT2D eigenvalue weighted by Crippen LogP contribution is 2.20. The van der Waals surface area contributed by atoms with Crippen LogP contribution in [0.1, 0.15) is 5.56 Å². The first-order valence-electron chi connectivity index (χ1n) is 6.21. The molecule has 0 aliphatic carbocycles. The molecule has 2 aromatic rings. The van der Waals surface area contributed by atoms with Gasteiger partial charge in [-0.2, -0.15) is 0 Å². The van der Waals surface area contributed by atoms with Crippen molar-refractivity contribution in [2.45, 2.75) is 6.92 Å². The van der Waals surface area contributed by atoms with Crippen LogP contribution in [0.25, 0.3) is 10.8 Å². The van der Waals surface area contributed by atoms with Crippen LogP contribution >= 0.6 is 0 Å². The van der Waals surface area contributed by atoms with Gasteiger partial charge in [0.25, 0.3) is 5.56 Å². The predicted molar refractivity (Wildman–Crippen MR) is 72.3 cm³/mol. The lowest BCUT2D eigenvalue weighted by Crippen LogP contribution is -2.37. The molecular formula is C14H16N2O2. The standard InChI is InChI=1S/C14H16N2O2/c1-10-3-2-4-11-12(10)9-13(15-14(11)17)16-5-7-18-8-6-16/h2-4,9H,5-8H2,1H3,(H,15,17). The number of nitrogens with zero attached hydrogens (tertiary/aromatic N) is 1. The summed E-state index contributed by atoms with van der Waals surface area (Å²) in [6.07, 6.45) is 0. The Bertz CT molecular complexity index is 627. The molecule has 0 unspecified atom stereocenters. The predicted octanol–water partition coefficient (Wildman–Crippen LogP) is 1.67. The number of pyridine rings is 1. The Labute approximate surface area is 105 Å². The van der Waals surface area contributed by atoms with Crippen LogP contribution in [-0.4, -0.2) is 31.3 Å². The molecule has 1 aliphatic heterocycles. The molecule has 2 heterocycles. The number of aromatic nitrogens is 1. The Kier molecular flexibility index (Phi) is 2.80. The summed E-state index contributed by atoms with van der Waals surface area (Å²) in [6.45, 7) is 5.12. The second-order valence-electron chi connectivity index (χ2n) is 4.62. The van der Waals surface area contributed by atoms with E-state index in [2.05, 4.69) is 16.0 Å². The zero-order valence-corrected chi connectivity index (χ0v) is 10.4. The Morgan fingerprint density at radius 2 is 2.00 bits per heavy atom. The minimum atomic E-state index is -0.0160. The van der Waals surface area contributed by atoms with Gasteiger partial charge < -0.3 is 14.6 Å². The molecule has 0 saturated carbocycles. The van der Waals surface area contributed by atoms with Gasteiger partial charge in [0.15, 0.2) is 0 Å². The first-order valence-corrected chi connectivity index (χ1v) is 6.21. The molecule has 4 nitrogen and oxygen atoms in total. The van der Waals surface area contributed by atoms with Crippen LogP contribution in [0.3, 0.4) is 0 Å². The number of benzene rings is 1. The first kappa shape index (κ1) is 11.3. The molecular weight excluding hydrogens is 228 g/mol. The summed E-state index contributed by atoms with van der Waals surface area (Å²) in [5, 5.41) is 1.79. The smallest absolute Gasteiger partial charge is 0.257 e. The van der Waals surface area contributed by atoms with Crippen molar-refractivity contribution in [3.63, 3.8) is 0 Å². The molecule has 1 aliphatic rings. The number of H-pyrrole nitrogens is 1. The van der Waals surface area contributed by atoms with Gasteiger partial charge in [0.1, 0.15) is 5.82 Å². The van der Waals surface area contributed by atoms with E-state index in [1.807, 2.05) is 25.1 Å². The van der Waals surface area contributed by atoms with Crippen LogP contribution in [-0.2, 0) is 4.74 Å². The van der Waals surface area contributed by atoms with Gasteiger partial charge in [-0.1, -0.05) is 12.1 Å². The Morgan fingerprint density at radius 3 is 2.78 bits per heavy atom. The third-order valence-corrected chi connectivity index (χ3v) is 3.44. The number of anilines is 1. The van der Waals surface area contributed by atoms with Gasteiger partial charge in [0, 0.05) is 18.5 Å². The fourth-order valence-corrected chi connectivity index (χ4v) is 2.40. The second kappa shape index (κ2) is 4.46. The van der Waals surface area contributed by atoms with E-state index < -0.39 is 0 Å². The van der Waals surface area contributed by atoms with E-state index in [-0.39, 0.29) is 5.56 Å². The van der Waals surface area contributed by atoms with Crippen molar-refractivity contribution in [3.8, 4) is 0 Å².